The van der Waals surface area contributed by atoms with Gasteiger partial charge >= 0.3 is 0 Å². The van der Waals surface area contributed by atoms with E-state index in [1.54, 1.807) is 32.9 Å². The van der Waals surface area contributed by atoms with E-state index in [4.69, 9.17) is 10.8 Å². The molecule has 0 amide bonds. The first-order valence-corrected chi connectivity index (χ1v) is 7.30. The van der Waals surface area contributed by atoms with Gasteiger partial charge in [0.1, 0.15) is 0 Å². The predicted octanol–water partition coefficient (Wildman–Crippen LogP) is 0.935. The molecule has 0 aliphatic heterocycles. The van der Waals surface area contributed by atoms with Gasteiger partial charge in [0.15, 0.2) is 0 Å². The number of nitrogen functional groups attached to an aromatic ring is 1. The lowest BCUT2D eigenvalue weighted by Gasteiger charge is -2.17. The number of hydrogen-bond acceptors (Lipinski definition) is 4. The summed E-state index contributed by atoms with van der Waals surface area (Å²) in [6.45, 7) is 5.04. The van der Waals surface area contributed by atoms with Crippen molar-refractivity contribution < 1.29 is 13.5 Å². The van der Waals surface area contributed by atoms with Crippen molar-refractivity contribution in [2.24, 2.45) is 0 Å². The molecule has 0 saturated heterocycles. The summed E-state index contributed by atoms with van der Waals surface area (Å²) in [5, 5.41) is 9.06. The number of sulfonamides is 1. The van der Waals surface area contributed by atoms with Crippen LogP contribution in [0.15, 0.2) is 17.0 Å². The van der Waals surface area contributed by atoms with Crippen LogP contribution < -0.4 is 10.5 Å². The fraction of sp³-hybridized carbons (Fsp3) is 0.500. The Labute approximate surface area is 108 Å². The van der Waals surface area contributed by atoms with Gasteiger partial charge in [0, 0.05) is 11.7 Å². The van der Waals surface area contributed by atoms with E-state index < -0.39 is 16.1 Å². The molecule has 4 N–H and O–H groups in total. The molecule has 5 nitrogen and oxygen atoms in total. The fourth-order valence-electron chi connectivity index (χ4n) is 1.66. The fourth-order valence-corrected chi connectivity index (χ4v) is 3.33. The predicted molar refractivity (Wildman–Crippen MR) is 71.8 cm³/mol. The normalized spacial score (nSPS) is 13.6. The minimum Gasteiger partial charge on any atom is -0.398 e. The van der Waals surface area contributed by atoms with E-state index >= 15 is 0 Å². The number of nitrogens with one attached hydrogen (secondary N) is 1. The Kier molecular flexibility index (Phi) is 4.72. The Hall–Kier alpha value is -1.11. The van der Waals surface area contributed by atoms with Gasteiger partial charge in [0.2, 0.25) is 10.0 Å². The molecular weight excluding hydrogens is 252 g/mol. The minimum atomic E-state index is -3.65. The Balaban J connectivity index is 3.20. The van der Waals surface area contributed by atoms with Crippen LogP contribution in [-0.2, 0) is 10.0 Å². The SMILES string of the molecule is CCC(CO)NS(=O)(=O)c1cc(C)cc(N)c1C. The molecule has 1 atom stereocenters. The lowest BCUT2D eigenvalue weighted by atomic mass is 10.1. The molecule has 0 fully saturated rings. The van der Waals surface area contributed by atoms with Crippen molar-refractivity contribution in [3.63, 3.8) is 0 Å². The molecule has 0 aliphatic carbocycles. The summed E-state index contributed by atoms with van der Waals surface area (Å²) in [4.78, 5) is 0.173. The van der Waals surface area contributed by atoms with Crippen molar-refractivity contribution in [2.75, 3.05) is 12.3 Å². The van der Waals surface area contributed by atoms with Gasteiger partial charge in [-0.25, -0.2) is 13.1 Å². The molecule has 18 heavy (non-hydrogen) atoms. The quantitative estimate of drug-likeness (QED) is 0.695. The van der Waals surface area contributed by atoms with E-state index in [1.807, 2.05) is 0 Å². The van der Waals surface area contributed by atoms with Gasteiger partial charge in [0.05, 0.1) is 11.5 Å². The number of aliphatic hydroxyl groups is 1. The number of hydrogen-bond donors (Lipinski definition) is 3. The number of benzene rings is 1. The van der Waals surface area contributed by atoms with Crippen molar-refractivity contribution in [3.05, 3.63) is 23.3 Å². The number of anilines is 1. The topological polar surface area (TPSA) is 92.4 Å². The van der Waals surface area contributed by atoms with Gasteiger partial charge in [-0.1, -0.05) is 6.92 Å². The monoisotopic (exact) mass is 272 g/mol. The first kappa shape index (κ1) is 14.9. The van der Waals surface area contributed by atoms with Crippen LogP contribution in [0.3, 0.4) is 0 Å². The van der Waals surface area contributed by atoms with Gasteiger partial charge in [-0.05, 0) is 43.5 Å². The zero-order chi connectivity index (χ0) is 13.9. The summed E-state index contributed by atoms with van der Waals surface area (Å²) in [5.41, 5.74) is 7.54. The molecule has 0 heterocycles. The molecule has 1 rings (SSSR count). The van der Waals surface area contributed by atoms with E-state index in [-0.39, 0.29) is 11.5 Å². The lowest BCUT2D eigenvalue weighted by molar-refractivity contribution is 0.254. The maximum absolute atomic E-state index is 12.2. The molecular formula is C12H20N2O3S. The third-order valence-corrected chi connectivity index (χ3v) is 4.52. The van der Waals surface area contributed by atoms with E-state index in [9.17, 15) is 8.42 Å². The van der Waals surface area contributed by atoms with Crippen molar-refractivity contribution in [1.29, 1.82) is 0 Å². The first-order valence-electron chi connectivity index (χ1n) is 5.81. The number of rotatable bonds is 5. The molecule has 0 spiro atoms. The Bertz CT molecular complexity index is 522. The molecule has 6 heteroatoms. The minimum absolute atomic E-state index is 0.173. The highest BCUT2D eigenvalue weighted by Gasteiger charge is 2.21. The van der Waals surface area contributed by atoms with Gasteiger partial charge in [-0.15, -0.1) is 0 Å². The van der Waals surface area contributed by atoms with E-state index in [1.165, 1.54) is 0 Å². The zero-order valence-corrected chi connectivity index (χ0v) is 11.7. The van der Waals surface area contributed by atoms with Crippen LogP contribution in [0.1, 0.15) is 24.5 Å². The lowest BCUT2D eigenvalue weighted by Crippen LogP contribution is -2.37. The van der Waals surface area contributed by atoms with Crippen LogP contribution in [-0.4, -0.2) is 26.2 Å². The van der Waals surface area contributed by atoms with Crippen LogP contribution in [0.2, 0.25) is 0 Å². The summed E-state index contributed by atoms with van der Waals surface area (Å²) in [6, 6.07) is 2.84. The smallest absolute Gasteiger partial charge is 0.241 e. The summed E-state index contributed by atoms with van der Waals surface area (Å²) >= 11 is 0. The summed E-state index contributed by atoms with van der Waals surface area (Å²) in [5.74, 6) is 0. The van der Waals surface area contributed by atoms with Gasteiger partial charge in [-0.2, -0.15) is 0 Å². The second kappa shape index (κ2) is 5.69. The molecule has 0 bridgehead atoms. The third kappa shape index (κ3) is 3.22. The maximum atomic E-state index is 12.2. The van der Waals surface area contributed by atoms with Crippen LogP contribution in [0.4, 0.5) is 5.69 Å². The summed E-state index contributed by atoms with van der Waals surface area (Å²) in [6.07, 6.45) is 0.524. The van der Waals surface area contributed by atoms with Crippen LogP contribution in [0.5, 0.6) is 0 Å². The van der Waals surface area contributed by atoms with E-state index in [0.29, 0.717) is 17.7 Å². The standard InChI is InChI=1S/C12H20N2O3S/c1-4-10(7-15)14-18(16,17)12-6-8(2)5-11(13)9(12)3/h5-6,10,14-15H,4,7,13H2,1-3H3. The molecule has 0 saturated carbocycles. The second-order valence-corrected chi connectivity index (χ2v) is 6.07. The molecule has 1 aromatic carbocycles. The number of aliphatic hydroxyl groups excluding tert-OH is 1. The highest BCUT2D eigenvalue weighted by molar-refractivity contribution is 7.89. The summed E-state index contributed by atoms with van der Waals surface area (Å²) < 4.78 is 26.9. The zero-order valence-electron chi connectivity index (χ0n) is 10.9. The van der Waals surface area contributed by atoms with Crippen LogP contribution in [0.25, 0.3) is 0 Å². The van der Waals surface area contributed by atoms with Crippen LogP contribution >= 0.6 is 0 Å². The molecule has 1 unspecified atom stereocenters. The van der Waals surface area contributed by atoms with E-state index in [0.717, 1.165) is 5.56 Å². The third-order valence-electron chi connectivity index (χ3n) is 2.87. The highest BCUT2D eigenvalue weighted by atomic mass is 32.2. The van der Waals surface area contributed by atoms with E-state index in [2.05, 4.69) is 4.72 Å². The van der Waals surface area contributed by atoms with Crippen molar-refractivity contribution in [2.45, 2.75) is 38.1 Å². The molecule has 102 valence electrons. The van der Waals surface area contributed by atoms with Gasteiger partial charge in [0.25, 0.3) is 0 Å². The van der Waals surface area contributed by atoms with Crippen molar-refractivity contribution in [1.82, 2.24) is 4.72 Å². The van der Waals surface area contributed by atoms with Gasteiger partial charge < -0.3 is 10.8 Å². The maximum Gasteiger partial charge on any atom is 0.241 e. The highest BCUT2D eigenvalue weighted by Crippen LogP contribution is 2.23. The molecule has 0 radical (unpaired) electrons. The van der Waals surface area contributed by atoms with Crippen molar-refractivity contribution in [3.8, 4) is 0 Å². The molecule has 0 aromatic heterocycles. The Morgan fingerprint density at radius 2 is 2.00 bits per heavy atom. The Morgan fingerprint density at radius 1 is 1.39 bits per heavy atom. The van der Waals surface area contributed by atoms with Crippen LogP contribution in [0, 0.1) is 13.8 Å². The van der Waals surface area contributed by atoms with Gasteiger partial charge in [-0.3, -0.25) is 0 Å². The number of nitrogens with two attached hydrogens (primary N) is 1. The average Bonchev–Trinajstić information content (AvgIpc) is 2.30. The molecule has 1 aromatic rings. The molecule has 0 aliphatic rings. The van der Waals surface area contributed by atoms with Crippen molar-refractivity contribution >= 4 is 15.7 Å². The summed E-state index contributed by atoms with van der Waals surface area (Å²) in [7, 11) is -3.65. The number of aryl methyl sites for hydroxylation is 1. The Morgan fingerprint density at radius 3 is 2.50 bits per heavy atom. The largest absolute Gasteiger partial charge is 0.398 e. The first-order chi connectivity index (χ1) is 8.31. The average molecular weight is 272 g/mol. The second-order valence-electron chi connectivity index (χ2n) is 4.39.